The maximum atomic E-state index is 12.2. The standard InChI is InChI=1S/C14H12F3N5O/c1-8-9(2)20-13-18-7-19-22(13)12(8)21-10-3-5-11(6-4-10)23-14(15,16)17/h3-7,21H,1-2H3. The first-order valence-corrected chi connectivity index (χ1v) is 6.63. The van der Waals surface area contributed by atoms with Crippen LogP contribution in [0.15, 0.2) is 30.6 Å². The van der Waals surface area contributed by atoms with Crippen LogP contribution in [-0.2, 0) is 0 Å². The molecule has 0 aliphatic heterocycles. The van der Waals surface area contributed by atoms with Crippen LogP contribution in [0.5, 0.6) is 5.75 Å². The molecule has 3 rings (SSSR count). The molecule has 23 heavy (non-hydrogen) atoms. The van der Waals surface area contributed by atoms with Gasteiger partial charge in [-0.3, -0.25) is 0 Å². The van der Waals surface area contributed by atoms with Gasteiger partial charge in [0.1, 0.15) is 17.9 Å². The third-order valence-electron chi connectivity index (χ3n) is 3.26. The molecule has 0 saturated carbocycles. The summed E-state index contributed by atoms with van der Waals surface area (Å²) in [6, 6.07) is 5.44. The van der Waals surface area contributed by atoms with Gasteiger partial charge >= 0.3 is 6.36 Å². The first kappa shape index (κ1) is 15.1. The van der Waals surface area contributed by atoms with Crippen molar-refractivity contribution in [1.29, 1.82) is 0 Å². The molecule has 3 aromatic rings. The highest BCUT2D eigenvalue weighted by molar-refractivity contribution is 5.63. The highest BCUT2D eigenvalue weighted by Gasteiger charge is 2.30. The normalized spacial score (nSPS) is 11.7. The van der Waals surface area contributed by atoms with Crippen LogP contribution in [0.1, 0.15) is 11.3 Å². The second-order valence-corrected chi connectivity index (χ2v) is 4.84. The van der Waals surface area contributed by atoms with Crippen molar-refractivity contribution < 1.29 is 17.9 Å². The lowest BCUT2D eigenvalue weighted by Gasteiger charge is -2.13. The van der Waals surface area contributed by atoms with Crippen LogP contribution in [0.2, 0.25) is 0 Å². The van der Waals surface area contributed by atoms with Crippen LogP contribution in [-0.4, -0.2) is 25.9 Å². The summed E-state index contributed by atoms with van der Waals surface area (Å²) in [5, 5.41) is 7.21. The fraction of sp³-hybridized carbons (Fsp3) is 0.214. The average Bonchev–Trinajstić information content (AvgIpc) is 2.92. The molecule has 2 heterocycles. The number of fused-ring (bicyclic) bond motifs is 1. The van der Waals surface area contributed by atoms with Gasteiger partial charge in [0.25, 0.3) is 5.78 Å². The molecule has 0 spiro atoms. The molecule has 0 amide bonds. The zero-order valence-electron chi connectivity index (χ0n) is 12.2. The number of aromatic nitrogens is 4. The molecule has 6 nitrogen and oxygen atoms in total. The Labute approximate surface area is 128 Å². The molecule has 120 valence electrons. The van der Waals surface area contributed by atoms with Gasteiger partial charge in [-0.2, -0.15) is 14.6 Å². The molecule has 1 N–H and O–H groups in total. The number of hydrogen-bond donors (Lipinski definition) is 1. The molecule has 9 heteroatoms. The molecule has 0 unspecified atom stereocenters. The number of alkyl halides is 3. The molecule has 0 atom stereocenters. The van der Waals surface area contributed by atoms with Crippen molar-refractivity contribution in [3.63, 3.8) is 0 Å². The Morgan fingerprint density at radius 1 is 1.13 bits per heavy atom. The largest absolute Gasteiger partial charge is 0.573 e. The molecule has 0 aliphatic rings. The molecule has 0 fully saturated rings. The zero-order chi connectivity index (χ0) is 16.6. The summed E-state index contributed by atoms with van der Waals surface area (Å²) in [4.78, 5) is 8.33. The molecule has 0 bridgehead atoms. The van der Waals surface area contributed by atoms with Crippen molar-refractivity contribution in [2.45, 2.75) is 20.2 Å². The first-order chi connectivity index (χ1) is 10.8. The molecule has 0 radical (unpaired) electrons. The molecular weight excluding hydrogens is 311 g/mol. The number of anilines is 2. The smallest absolute Gasteiger partial charge is 0.406 e. The second kappa shape index (κ2) is 5.41. The molecular formula is C14H12F3N5O. The van der Waals surface area contributed by atoms with E-state index in [2.05, 4.69) is 25.1 Å². The summed E-state index contributed by atoms with van der Waals surface area (Å²) >= 11 is 0. The van der Waals surface area contributed by atoms with E-state index in [4.69, 9.17) is 0 Å². The van der Waals surface area contributed by atoms with Crippen molar-refractivity contribution in [2.75, 3.05) is 5.32 Å². The number of aryl methyl sites for hydroxylation is 1. The van der Waals surface area contributed by atoms with Crippen LogP contribution in [0.4, 0.5) is 24.7 Å². The lowest BCUT2D eigenvalue weighted by atomic mass is 10.2. The molecule has 2 aromatic heterocycles. The van der Waals surface area contributed by atoms with E-state index in [9.17, 15) is 13.2 Å². The van der Waals surface area contributed by atoms with Gasteiger partial charge in [-0.1, -0.05) is 0 Å². The minimum atomic E-state index is -4.71. The summed E-state index contributed by atoms with van der Waals surface area (Å²) < 4.78 is 41.9. The molecule has 0 aliphatic carbocycles. The first-order valence-electron chi connectivity index (χ1n) is 6.63. The summed E-state index contributed by atoms with van der Waals surface area (Å²) in [5.74, 6) is 0.804. The molecule has 1 aromatic carbocycles. The van der Waals surface area contributed by atoms with Crippen molar-refractivity contribution >= 4 is 17.3 Å². The quantitative estimate of drug-likeness (QED) is 0.800. The van der Waals surface area contributed by atoms with Crippen LogP contribution < -0.4 is 10.1 Å². The maximum Gasteiger partial charge on any atom is 0.573 e. The van der Waals surface area contributed by atoms with Crippen molar-refractivity contribution in [2.24, 2.45) is 0 Å². The fourth-order valence-corrected chi connectivity index (χ4v) is 2.06. The van der Waals surface area contributed by atoms with E-state index in [0.29, 0.717) is 17.3 Å². The number of halogens is 3. The third-order valence-corrected chi connectivity index (χ3v) is 3.26. The van der Waals surface area contributed by atoms with E-state index < -0.39 is 6.36 Å². The monoisotopic (exact) mass is 323 g/mol. The topological polar surface area (TPSA) is 64.3 Å². The van der Waals surface area contributed by atoms with Crippen LogP contribution >= 0.6 is 0 Å². The van der Waals surface area contributed by atoms with E-state index in [-0.39, 0.29) is 5.75 Å². The van der Waals surface area contributed by atoms with E-state index >= 15 is 0 Å². The highest BCUT2D eigenvalue weighted by Crippen LogP contribution is 2.26. The summed E-state index contributed by atoms with van der Waals surface area (Å²) in [6.07, 6.45) is -3.33. The van der Waals surface area contributed by atoms with Crippen LogP contribution in [0.3, 0.4) is 0 Å². The Kier molecular flexibility index (Phi) is 3.55. The van der Waals surface area contributed by atoms with E-state index in [1.165, 1.54) is 35.1 Å². The predicted molar refractivity (Wildman–Crippen MR) is 76.7 cm³/mol. The van der Waals surface area contributed by atoms with Gasteiger partial charge in [0.05, 0.1) is 0 Å². The summed E-state index contributed by atoms with van der Waals surface area (Å²) in [7, 11) is 0. The van der Waals surface area contributed by atoms with Gasteiger partial charge in [0, 0.05) is 16.9 Å². The van der Waals surface area contributed by atoms with Crippen molar-refractivity contribution in [3.8, 4) is 5.75 Å². The van der Waals surface area contributed by atoms with Crippen molar-refractivity contribution in [1.82, 2.24) is 19.6 Å². The zero-order valence-corrected chi connectivity index (χ0v) is 12.2. The lowest BCUT2D eigenvalue weighted by Crippen LogP contribution is -2.17. The fourth-order valence-electron chi connectivity index (χ4n) is 2.06. The minimum absolute atomic E-state index is 0.281. The third kappa shape index (κ3) is 3.17. The van der Waals surface area contributed by atoms with Gasteiger partial charge < -0.3 is 10.1 Å². The number of nitrogens with zero attached hydrogens (tertiary/aromatic N) is 4. The Morgan fingerprint density at radius 3 is 2.48 bits per heavy atom. The number of benzene rings is 1. The van der Waals surface area contributed by atoms with Gasteiger partial charge in [0.15, 0.2) is 0 Å². The Bertz CT molecular complexity index is 842. The van der Waals surface area contributed by atoms with E-state index in [1.54, 1.807) is 0 Å². The van der Waals surface area contributed by atoms with Gasteiger partial charge in [-0.05, 0) is 38.1 Å². The number of rotatable bonds is 3. The highest BCUT2D eigenvalue weighted by atomic mass is 19.4. The Morgan fingerprint density at radius 2 is 1.83 bits per heavy atom. The van der Waals surface area contributed by atoms with Crippen molar-refractivity contribution in [3.05, 3.63) is 41.9 Å². The van der Waals surface area contributed by atoms with Gasteiger partial charge in [-0.15, -0.1) is 13.2 Å². The summed E-state index contributed by atoms with van der Waals surface area (Å²) in [5.41, 5.74) is 2.23. The minimum Gasteiger partial charge on any atom is -0.406 e. The van der Waals surface area contributed by atoms with E-state index in [0.717, 1.165) is 11.3 Å². The number of nitrogens with one attached hydrogen (secondary N) is 1. The maximum absolute atomic E-state index is 12.2. The number of hydrogen-bond acceptors (Lipinski definition) is 5. The number of ether oxygens (including phenoxy) is 1. The van der Waals surface area contributed by atoms with Gasteiger partial charge in [-0.25, -0.2) is 4.98 Å². The Balaban J connectivity index is 1.90. The van der Waals surface area contributed by atoms with E-state index in [1.807, 2.05) is 13.8 Å². The SMILES string of the molecule is Cc1nc2ncnn2c(Nc2ccc(OC(F)(F)F)cc2)c1C. The van der Waals surface area contributed by atoms with Crippen LogP contribution in [0, 0.1) is 13.8 Å². The average molecular weight is 323 g/mol. The lowest BCUT2D eigenvalue weighted by molar-refractivity contribution is -0.274. The summed E-state index contributed by atoms with van der Waals surface area (Å²) in [6.45, 7) is 3.71. The predicted octanol–water partition coefficient (Wildman–Crippen LogP) is 3.38. The Hall–Kier alpha value is -2.84. The van der Waals surface area contributed by atoms with Gasteiger partial charge in [0.2, 0.25) is 0 Å². The second-order valence-electron chi connectivity index (χ2n) is 4.84. The molecule has 0 saturated heterocycles. The van der Waals surface area contributed by atoms with Crippen LogP contribution in [0.25, 0.3) is 5.78 Å².